The highest BCUT2D eigenvalue weighted by molar-refractivity contribution is 5.80. The quantitative estimate of drug-likeness (QED) is 0.508. The molecule has 0 aliphatic carbocycles. The maximum absolute atomic E-state index is 5.92. The molecule has 1 saturated heterocycles. The third-order valence-electron chi connectivity index (χ3n) is 5.68. The number of ether oxygens (including phenoxy) is 4. The molecule has 0 unspecified atom stereocenters. The van der Waals surface area contributed by atoms with Crippen LogP contribution in [0, 0.1) is 0 Å². The molecular weight excluding hydrogens is 392 g/mol. The highest BCUT2D eigenvalue weighted by Crippen LogP contribution is 2.29. The molecule has 1 atom stereocenters. The van der Waals surface area contributed by atoms with Crippen molar-refractivity contribution in [3.63, 3.8) is 0 Å². The Balaban J connectivity index is 1.55. The largest absolute Gasteiger partial charge is 0.497 e. The Hall–Kier alpha value is -2.83. The van der Waals surface area contributed by atoms with Crippen LogP contribution in [0.25, 0.3) is 10.9 Å². The smallest absolute Gasteiger partial charge is 0.161 e. The van der Waals surface area contributed by atoms with Crippen LogP contribution in [0.5, 0.6) is 17.2 Å². The van der Waals surface area contributed by atoms with Crippen LogP contribution < -0.4 is 14.2 Å². The number of pyridine rings is 1. The Bertz CT molecular complexity index is 1020. The fraction of sp³-hybridized carbons (Fsp3) is 0.400. The number of hydrogen-bond donors (Lipinski definition) is 0. The number of fused-ring (bicyclic) bond motifs is 1. The third kappa shape index (κ3) is 5.27. The third-order valence-corrected chi connectivity index (χ3v) is 5.68. The van der Waals surface area contributed by atoms with Gasteiger partial charge in [-0.25, -0.2) is 0 Å². The molecule has 164 valence electrons. The predicted molar refractivity (Wildman–Crippen MR) is 121 cm³/mol. The van der Waals surface area contributed by atoms with Gasteiger partial charge in [-0.15, -0.1) is 0 Å². The maximum Gasteiger partial charge on any atom is 0.161 e. The molecule has 0 amide bonds. The first-order valence-electron chi connectivity index (χ1n) is 10.7. The summed E-state index contributed by atoms with van der Waals surface area (Å²) in [6.07, 6.45) is 2.50. The fourth-order valence-corrected chi connectivity index (χ4v) is 4.09. The SMILES string of the molecule is COc1ccc2nc(CN(Cc3ccc(OC)c(OC)c3)C[C@@H]3CCCO3)ccc2c1. The number of rotatable bonds is 9. The zero-order chi connectivity index (χ0) is 21.6. The Morgan fingerprint density at radius 1 is 0.935 bits per heavy atom. The van der Waals surface area contributed by atoms with Gasteiger partial charge in [-0.2, -0.15) is 0 Å². The van der Waals surface area contributed by atoms with Crippen LogP contribution in [0.2, 0.25) is 0 Å². The van der Waals surface area contributed by atoms with Gasteiger partial charge < -0.3 is 18.9 Å². The second kappa shape index (κ2) is 9.98. The van der Waals surface area contributed by atoms with Gasteiger partial charge in [0.1, 0.15) is 5.75 Å². The van der Waals surface area contributed by atoms with Crippen molar-refractivity contribution in [1.29, 1.82) is 0 Å². The van der Waals surface area contributed by atoms with Crippen LogP contribution in [-0.2, 0) is 17.8 Å². The van der Waals surface area contributed by atoms with Gasteiger partial charge in [-0.3, -0.25) is 9.88 Å². The van der Waals surface area contributed by atoms with Crippen molar-refractivity contribution in [3.05, 3.63) is 59.8 Å². The highest BCUT2D eigenvalue weighted by Gasteiger charge is 2.20. The second-order valence-corrected chi connectivity index (χ2v) is 7.86. The molecular formula is C25H30N2O4. The van der Waals surface area contributed by atoms with E-state index in [2.05, 4.69) is 23.1 Å². The summed E-state index contributed by atoms with van der Waals surface area (Å²) in [4.78, 5) is 7.28. The zero-order valence-corrected chi connectivity index (χ0v) is 18.5. The Morgan fingerprint density at radius 2 is 1.81 bits per heavy atom. The minimum Gasteiger partial charge on any atom is -0.497 e. The van der Waals surface area contributed by atoms with Crippen LogP contribution in [0.1, 0.15) is 24.1 Å². The van der Waals surface area contributed by atoms with E-state index >= 15 is 0 Å². The van der Waals surface area contributed by atoms with Crippen LogP contribution in [-0.4, -0.2) is 50.5 Å². The first-order valence-corrected chi connectivity index (χ1v) is 10.7. The monoisotopic (exact) mass is 422 g/mol. The standard InChI is InChI=1S/C25H30N2O4/c1-28-21-9-10-23-19(14-21)7-8-20(26-23)16-27(17-22-5-4-12-31-22)15-18-6-11-24(29-2)25(13-18)30-3/h6-11,13-14,22H,4-5,12,15-17H2,1-3H3/t22-/m0/s1. The molecule has 2 heterocycles. The summed E-state index contributed by atoms with van der Waals surface area (Å²) in [7, 11) is 5.00. The van der Waals surface area contributed by atoms with E-state index in [1.54, 1.807) is 21.3 Å². The summed E-state index contributed by atoms with van der Waals surface area (Å²) in [5, 5.41) is 1.08. The van der Waals surface area contributed by atoms with Gasteiger partial charge >= 0.3 is 0 Å². The van der Waals surface area contributed by atoms with Crippen LogP contribution in [0.15, 0.2) is 48.5 Å². The van der Waals surface area contributed by atoms with E-state index in [-0.39, 0.29) is 6.10 Å². The minimum absolute atomic E-state index is 0.268. The molecule has 1 fully saturated rings. The molecule has 6 nitrogen and oxygen atoms in total. The van der Waals surface area contributed by atoms with Crippen LogP contribution >= 0.6 is 0 Å². The molecule has 6 heteroatoms. The number of methoxy groups -OCH3 is 3. The molecule has 0 bridgehead atoms. The van der Waals surface area contributed by atoms with Gasteiger partial charge in [0.05, 0.1) is 38.6 Å². The summed E-state index contributed by atoms with van der Waals surface area (Å²) in [5.41, 5.74) is 3.18. The minimum atomic E-state index is 0.268. The van der Waals surface area contributed by atoms with E-state index in [4.69, 9.17) is 23.9 Å². The average Bonchev–Trinajstić information content (AvgIpc) is 3.31. The van der Waals surface area contributed by atoms with Gasteiger partial charge in [0.2, 0.25) is 0 Å². The predicted octanol–water partition coefficient (Wildman–Crippen LogP) is 4.44. The van der Waals surface area contributed by atoms with Crippen molar-refractivity contribution in [3.8, 4) is 17.2 Å². The molecule has 3 aromatic rings. The number of aromatic nitrogens is 1. The van der Waals surface area contributed by atoms with Gasteiger partial charge in [-0.1, -0.05) is 12.1 Å². The molecule has 1 aliphatic heterocycles. The van der Waals surface area contributed by atoms with E-state index in [1.807, 2.05) is 30.3 Å². The summed E-state index contributed by atoms with van der Waals surface area (Å²) >= 11 is 0. The lowest BCUT2D eigenvalue weighted by molar-refractivity contribution is 0.0675. The number of hydrogen-bond acceptors (Lipinski definition) is 6. The molecule has 1 aliphatic rings. The van der Waals surface area contributed by atoms with Crippen molar-refractivity contribution in [2.24, 2.45) is 0 Å². The maximum atomic E-state index is 5.92. The second-order valence-electron chi connectivity index (χ2n) is 7.86. The molecule has 0 radical (unpaired) electrons. The number of benzene rings is 2. The molecule has 0 saturated carbocycles. The lowest BCUT2D eigenvalue weighted by Gasteiger charge is -2.25. The zero-order valence-electron chi connectivity index (χ0n) is 18.5. The summed E-state index contributed by atoms with van der Waals surface area (Å²) in [6.45, 7) is 3.25. The van der Waals surface area contributed by atoms with Gasteiger partial charge in [0, 0.05) is 31.6 Å². The lowest BCUT2D eigenvalue weighted by atomic mass is 10.1. The van der Waals surface area contributed by atoms with Crippen molar-refractivity contribution in [2.45, 2.75) is 32.0 Å². The van der Waals surface area contributed by atoms with Gasteiger partial charge in [0.15, 0.2) is 11.5 Å². The van der Waals surface area contributed by atoms with Crippen LogP contribution in [0.3, 0.4) is 0 Å². The van der Waals surface area contributed by atoms with Gasteiger partial charge in [-0.05, 0) is 54.8 Å². The van der Waals surface area contributed by atoms with Crippen molar-refractivity contribution < 1.29 is 18.9 Å². The van der Waals surface area contributed by atoms with E-state index in [0.29, 0.717) is 0 Å². The molecule has 2 aromatic carbocycles. The topological polar surface area (TPSA) is 53.1 Å². The summed E-state index contributed by atoms with van der Waals surface area (Å²) < 4.78 is 22.1. The van der Waals surface area contributed by atoms with E-state index in [0.717, 1.165) is 72.9 Å². The summed E-state index contributed by atoms with van der Waals surface area (Å²) in [6, 6.07) is 16.3. The molecule has 4 rings (SSSR count). The summed E-state index contributed by atoms with van der Waals surface area (Å²) in [5.74, 6) is 2.33. The molecule has 0 N–H and O–H groups in total. The first kappa shape index (κ1) is 21.4. The van der Waals surface area contributed by atoms with Crippen molar-refractivity contribution in [1.82, 2.24) is 9.88 Å². The number of nitrogens with zero attached hydrogens (tertiary/aromatic N) is 2. The Morgan fingerprint density at radius 3 is 2.55 bits per heavy atom. The molecule has 0 spiro atoms. The van der Waals surface area contributed by atoms with Crippen molar-refractivity contribution >= 4 is 10.9 Å². The highest BCUT2D eigenvalue weighted by atomic mass is 16.5. The van der Waals surface area contributed by atoms with E-state index < -0.39 is 0 Å². The normalized spacial score (nSPS) is 16.1. The average molecular weight is 423 g/mol. The van der Waals surface area contributed by atoms with Gasteiger partial charge in [0.25, 0.3) is 0 Å². The Kier molecular flexibility index (Phi) is 6.89. The first-order chi connectivity index (χ1) is 15.2. The van der Waals surface area contributed by atoms with Crippen molar-refractivity contribution in [2.75, 3.05) is 34.5 Å². The molecule has 31 heavy (non-hydrogen) atoms. The van der Waals surface area contributed by atoms with E-state index in [1.165, 1.54) is 5.56 Å². The van der Waals surface area contributed by atoms with E-state index in [9.17, 15) is 0 Å². The lowest BCUT2D eigenvalue weighted by Crippen LogP contribution is -2.31. The molecule has 1 aromatic heterocycles. The van der Waals surface area contributed by atoms with Crippen LogP contribution in [0.4, 0.5) is 0 Å². The fourth-order valence-electron chi connectivity index (χ4n) is 4.09. The Labute approximate surface area is 183 Å².